The first-order chi connectivity index (χ1) is 20.4. The van der Waals surface area contributed by atoms with E-state index in [-0.39, 0.29) is 43.1 Å². The molecule has 0 radical (unpaired) electrons. The zero-order chi connectivity index (χ0) is 29.5. The van der Waals surface area contributed by atoms with Gasteiger partial charge in [-0.2, -0.15) is 0 Å². The molecule has 2 aliphatic heterocycles. The number of carbonyl (C=O) groups is 3. The SMILES string of the molecule is COc1cccc(NC(=O)Nc2ccc3c(c2)C(=O)N(C)[C@H]2CC[C@H](CC(=O)NCCc4ccccc4)O[C@@H]2CO3)c1. The van der Waals surface area contributed by atoms with E-state index >= 15 is 0 Å². The van der Waals surface area contributed by atoms with Crippen molar-refractivity contribution in [3.05, 3.63) is 83.9 Å². The number of methoxy groups -OCH3 is 1. The molecule has 0 aliphatic carbocycles. The number of nitrogens with zero attached hydrogens (tertiary/aromatic N) is 1. The molecule has 0 spiro atoms. The summed E-state index contributed by atoms with van der Waals surface area (Å²) in [7, 11) is 3.31. The quantitative estimate of drug-likeness (QED) is 0.367. The average Bonchev–Trinajstić information content (AvgIpc) is 3.00. The van der Waals surface area contributed by atoms with E-state index in [1.54, 1.807) is 61.5 Å². The second kappa shape index (κ2) is 13.4. The summed E-state index contributed by atoms with van der Waals surface area (Å²) in [5.74, 6) is 0.759. The Morgan fingerprint density at radius 3 is 2.55 bits per heavy atom. The summed E-state index contributed by atoms with van der Waals surface area (Å²) in [6.45, 7) is 0.808. The summed E-state index contributed by atoms with van der Waals surface area (Å²) < 4.78 is 17.5. The highest BCUT2D eigenvalue weighted by Crippen LogP contribution is 2.32. The van der Waals surface area contributed by atoms with Gasteiger partial charge in [-0.1, -0.05) is 36.4 Å². The van der Waals surface area contributed by atoms with E-state index in [4.69, 9.17) is 14.2 Å². The zero-order valence-corrected chi connectivity index (χ0v) is 23.8. The van der Waals surface area contributed by atoms with Gasteiger partial charge in [0.15, 0.2) is 0 Å². The first kappa shape index (κ1) is 28.9. The van der Waals surface area contributed by atoms with Gasteiger partial charge in [0.2, 0.25) is 5.91 Å². The molecule has 2 aliphatic rings. The first-order valence-corrected chi connectivity index (χ1v) is 14.1. The number of urea groups is 1. The summed E-state index contributed by atoms with van der Waals surface area (Å²) in [4.78, 5) is 40.4. The van der Waals surface area contributed by atoms with E-state index < -0.39 is 6.03 Å². The van der Waals surface area contributed by atoms with Gasteiger partial charge in [0.05, 0.1) is 31.2 Å². The van der Waals surface area contributed by atoms with Crippen molar-refractivity contribution in [2.45, 2.75) is 43.9 Å². The number of likely N-dealkylation sites (N-methyl/N-ethyl adjacent to an activating group) is 1. The van der Waals surface area contributed by atoms with Crippen LogP contribution < -0.4 is 25.4 Å². The minimum absolute atomic E-state index is 0.0496. The average molecular weight is 573 g/mol. The van der Waals surface area contributed by atoms with E-state index in [1.807, 2.05) is 30.3 Å². The van der Waals surface area contributed by atoms with Crippen molar-refractivity contribution in [2.24, 2.45) is 0 Å². The number of fused-ring (bicyclic) bond motifs is 2. The lowest BCUT2D eigenvalue weighted by Crippen LogP contribution is -2.54. The van der Waals surface area contributed by atoms with Crippen LogP contribution in [0.4, 0.5) is 16.2 Å². The van der Waals surface area contributed by atoms with Gasteiger partial charge in [0, 0.05) is 31.0 Å². The predicted octanol–water partition coefficient (Wildman–Crippen LogP) is 4.47. The van der Waals surface area contributed by atoms with Gasteiger partial charge >= 0.3 is 6.03 Å². The van der Waals surface area contributed by atoms with Crippen LogP contribution in [0.15, 0.2) is 72.8 Å². The molecule has 42 heavy (non-hydrogen) atoms. The van der Waals surface area contributed by atoms with Gasteiger partial charge < -0.3 is 35.1 Å². The Morgan fingerprint density at radius 1 is 0.976 bits per heavy atom. The Hall–Kier alpha value is -4.57. The van der Waals surface area contributed by atoms with Crippen molar-refractivity contribution in [3.8, 4) is 11.5 Å². The largest absolute Gasteiger partial charge is 0.497 e. The van der Waals surface area contributed by atoms with E-state index in [1.165, 1.54) is 5.56 Å². The van der Waals surface area contributed by atoms with Crippen molar-refractivity contribution in [1.82, 2.24) is 10.2 Å². The molecule has 0 bridgehead atoms. The highest BCUT2D eigenvalue weighted by molar-refractivity contribution is 6.02. The molecule has 3 aromatic carbocycles. The number of rotatable bonds is 8. The van der Waals surface area contributed by atoms with Gasteiger partial charge in [-0.3, -0.25) is 9.59 Å². The maximum absolute atomic E-state index is 13.5. The van der Waals surface area contributed by atoms with Gasteiger partial charge in [0.1, 0.15) is 24.2 Å². The molecule has 220 valence electrons. The molecule has 10 heteroatoms. The highest BCUT2D eigenvalue weighted by atomic mass is 16.5. The molecule has 1 saturated heterocycles. The number of benzene rings is 3. The number of ether oxygens (including phenoxy) is 3. The van der Waals surface area contributed by atoms with Gasteiger partial charge in [-0.05, 0) is 55.2 Å². The van der Waals surface area contributed by atoms with Crippen LogP contribution in [0.25, 0.3) is 0 Å². The zero-order valence-electron chi connectivity index (χ0n) is 23.8. The lowest BCUT2D eigenvalue weighted by atomic mass is 9.94. The monoisotopic (exact) mass is 572 g/mol. The smallest absolute Gasteiger partial charge is 0.323 e. The fraction of sp³-hybridized carbons (Fsp3) is 0.344. The molecular weight excluding hydrogens is 536 g/mol. The number of hydrogen-bond acceptors (Lipinski definition) is 6. The Balaban J connectivity index is 1.17. The van der Waals surface area contributed by atoms with Crippen LogP contribution >= 0.6 is 0 Å². The van der Waals surface area contributed by atoms with Crippen LogP contribution in [0.3, 0.4) is 0 Å². The molecule has 0 saturated carbocycles. The molecule has 10 nitrogen and oxygen atoms in total. The van der Waals surface area contributed by atoms with Gasteiger partial charge in [-0.15, -0.1) is 0 Å². The van der Waals surface area contributed by atoms with Crippen LogP contribution in [0.2, 0.25) is 0 Å². The molecule has 0 aromatic heterocycles. The van der Waals surface area contributed by atoms with E-state index in [0.717, 1.165) is 6.42 Å². The molecule has 3 atom stereocenters. The normalized spacial score (nSPS) is 19.7. The number of anilines is 2. The van der Waals surface area contributed by atoms with Crippen molar-refractivity contribution in [2.75, 3.05) is 37.9 Å². The standard InChI is InChI=1S/C32H36N4O6/c1-36-27-13-12-25(19-30(37)33-16-15-21-7-4-3-5-8-21)42-29(27)20-41-28-14-11-23(18-26(28)31(36)38)35-32(39)34-22-9-6-10-24(17-22)40-2/h3-11,14,17-18,25,27,29H,12-13,15-16,19-20H2,1-2H3,(H,33,37)(H2,34,35,39)/t25-,27+,29-/m1/s1. The summed E-state index contributed by atoms with van der Waals surface area (Å²) >= 11 is 0. The second-order valence-electron chi connectivity index (χ2n) is 10.5. The Morgan fingerprint density at radius 2 is 1.76 bits per heavy atom. The number of hydrogen-bond donors (Lipinski definition) is 3. The third kappa shape index (κ3) is 7.19. The first-order valence-electron chi connectivity index (χ1n) is 14.1. The fourth-order valence-electron chi connectivity index (χ4n) is 5.37. The highest BCUT2D eigenvalue weighted by Gasteiger charge is 2.39. The van der Waals surface area contributed by atoms with Crippen LogP contribution in [0, 0.1) is 0 Å². The molecule has 1 fully saturated rings. The number of amides is 4. The van der Waals surface area contributed by atoms with Gasteiger partial charge in [0.25, 0.3) is 5.91 Å². The van der Waals surface area contributed by atoms with Crippen LogP contribution in [0.1, 0.15) is 35.2 Å². The summed E-state index contributed by atoms with van der Waals surface area (Å²) in [5.41, 5.74) is 2.56. The Bertz CT molecular complexity index is 1420. The summed E-state index contributed by atoms with van der Waals surface area (Å²) in [6.07, 6.45) is 1.77. The van der Waals surface area contributed by atoms with E-state index in [2.05, 4.69) is 16.0 Å². The Labute approximate surface area is 245 Å². The van der Waals surface area contributed by atoms with E-state index in [0.29, 0.717) is 47.8 Å². The van der Waals surface area contributed by atoms with Crippen LogP contribution in [-0.2, 0) is 16.0 Å². The molecule has 3 N–H and O–H groups in total. The molecule has 2 heterocycles. The predicted molar refractivity (Wildman–Crippen MR) is 159 cm³/mol. The van der Waals surface area contributed by atoms with Crippen molar-refractivity contribution in [3.63, 3.8) is 0 Å². The third-order valence-corrected chi connectivity index (χ3v) is 7.59. The molecule has 4 amide bonds. The van der Waals surface area contributed by atoms with E-state index in [9.17, 15) is 14.4 Å². The summed E-state index contributed by atoms with van der Waals surface area (Å²) in [6, 6.07) is 21.4. The molecular formula is C32H36N4O6. The number of carbonyl (C=O) groups excluding carboxylic acids is 3. The second-order valence-corrected chi connectivity index (χ2v) is 10.5. The fourth-order valence-corrected chi connectivity index (χ4v) is 5.37. The van der Waals surface area contributed by atoms with Crippen molar-refractivity contribution < 1.29 is 28.6 Å². The number of nitrogens with one attached hydrogen (secondary N) is 3. The van der Waals surface area contributed by atoms with Gasteiger partial charge in [-0.25, -0.2) is 4.79 Å². The van der Waals surface area contributed by atoms with Crippen molar-refractivity contribution >= 4 is 29.2 Å². The lowest BCUT2D eigenvalue weighted by molar-refractivity contribution is -0.134. The maximum atomic E-state index is 13.5. The Kier molecular flexibility index (Phi) is 9.23. The minimum Gasteiger partial charge on any atom is -0.497 e. The van der Waals surface area contributed by atoms with Crippen LogP contribution in [-0.4, -0.2) is 68.3 Å². The molecule has 5 rings (SSSR count). The molecule has 3 aromatic rings. The lowest BCUT2D eigenvalue weighted by Gasteiger charge is -2.42. The molecule has 0 unspecified atom stereocenters. The summed E-state index contributed by atoms with van der Waals surface area (Å²) in [5, 5.41) is 8.52. The third-order valence-electron chi connectivity index (χ3n) is 7.59. The van der Waals surface area contributed by atoms with Crippen molar-refractivity contribution in [1.29, 1.82) is 0 Å². The minimum atomic E-state index is -0.452. The van der Waals surface area contributed by atoms with Crippen LogP contribution in [0.5, 0.6) is 11.5 Å². The topological polar surface area (TPSA) is 118 Å². The maximum Gasteiger partial charge on any atom is 0.323 e.